The number of halogens is 2. The molecule has 2 atom stereocenters. The van der Waals surface area contributed by atoms with Crippen LogP contribution in [0.3, 0.4) is 0 Å². The number of hydrogen-bond acceptors (Lipinski definition) is 3. The van der Waals surface area contributed by atoms with Crippen molar-refractivity contribution in [2.45, 2.75) is 24.7 Å². The minimum absolute atomic E-state index is 0.0595. The first kappa shape index (κ1) is 20.4. The second kappa shape index (κ2) is 7.98. The second-order valence-electron chi connectivity index (χ2n) is 7.04. The lowest BCUT2D eigenvalue weighted by Crippen LogP contribution is -2.41. The summed E-state index contributed by atoms with van der Waals surface area (Å²) >= 11 is 12.3. The van der Waals surface area contributed by atoms with Crippen molar-refractivity contribution in [3.05, 3.63) is 75.8 Å². The average Bonchev–Trinajstić information content (AvgIpc) is 2.76. The molecule has 1 fully saturated rings. The Balaban J connectivity index is 2.31. The summed E-state index contributed by atoms with van der Waals surface area (Å²) in [5.74, 6) is -0.443. The zero-order chi connectivity index (χ0) is 20.5. The predicted octanol–water partition coefficient (Wildman–Crippen LogP) is 4.60. The van der Waals surface area contributed by atoms with Crippen molar-refractivity contribution in [1.29, 1.82) is 0 Å². The van der Waals surface area contributed by atoms with Gasteiger partial charge < -0.3 is 15.4 Å². The molecule has 1 saturated heterocycles. The first-order chi connectivity index (χ1) is 13.3. The van der Waals surface area contributed by atoms with Crippen molar-refractivity contribution in [2.24, 2.45) is 0 Å². The van der Waals surface area contributed by atoms with E-state index >= 15 is 0 Å². The minimum Gasteiger partial charge on any atom is -0.398 e. The molecule has 2 N–H and O–H groups in total. The maximum Gasteiger partial charge on any atom is 0.226 e. The highest BCUT2D eigenvalue weighted by molar-refractivity contribution is 6.31. The molecule has 1 aliphatic rings. The fourth-order valence-corrected chi connectivity index (χ4v) is 4.45. The monoisotopic (exact) mass is 416 g/mol. The lowest BCUT2D eigenvalue weighted by Gasteiger charge is -2.38. The van der Waals surface area contributed by atoms with E-state index in [-0.39, 0.29) is 18.2 Å². The second-order valence-corrected chi connectivity index (χ2v) is 7.91. The van der Waals surface area contributed by atoms with E-state index in [0.29, 0.717) is 40.0 Å². The normalized spacial score (nSPS) is 22.8. The fourth-order valence-electron chi connectivity index (χ4n) is 4.07. The highest BCUT2D eigenvalue weighted by atomic mass is 35.5. The largest absolute Gasteiger partial charge is 0.398 e. The molecule has 0 bridgehead atoms. The number of carbonyl (C=O) groups excluding carboxylic acids is 2. The average molecular weight is 417 g/mol. The molecule has 0 aliphatic carbocycles. The highest BCUT2D eigenvalue weighted by Gasteiger charge is 2.48. The van der Waals surface area contributed by atoms with Crippen LogP contribution in [0.1, 0.15) is 30.4 Å². The third-order valence-corrected chi connectivity index (χ3v) is 6.00. The molecule has 2 aromatic rings. The van der Waals surface area contributed by atoms with E-state index in [1.165, 1.54) is 0 Å². The lowest BCUT2D eigenvalue weighted by atomic mass is 9.64. The third-order valence-electron chi connectivity index (χ3n) is 5.53. The Morgan fingerprint density at radius 2 is 1.96 bits per heavy atom. The van der Waals surface area contributed by atoms with Crippen LogP contribution in [0, 0.1) is 0 Å². The maximum atomic E-state index is 12.7. The number of nitrogen functional groups attached to an aromatic ring is 1. The Morgan fingerprint density at radius 1 is 1.25 bits per heavy atom. The van der Waals surface area contributed by atoms with Gasteiger partial charge in [0.25, 0.3) is 0 Å². The summed E-state index contributed by atoms with van der Waals surface area (Å²) in [6, 6.07) is 12.4. The standard InChI is InChI=1S/C22H22Cl2N2O2/c1-3-26-12-19(15-5-4-6-16(23)10-15)22(13-27,14(2)9-21(26)28)18-8-7-17(24)11-20(18)25/h4-8,10-11,13,19H,2-3,9,12,25H2,1H3/t19-,22+/m0/s1. The minimum atomic E-state index is -1.17. The number of nitrogens with zero attached hydrogens (tertiary/aromatic N) is 1. The molecule has 3 rings (SSSR count). The number of nitrogens with two attached hydrogens (primary N) is 1. The quantitative estimate of drug-likeness (QED) is 0.449. The molecule has 0 unspecified atom stereocenters. The predicted molar refractivity (Wildman–Crippen MR) is 114 cm³/mol. The van der Waals surface area contributed by atoms with Crippen molar-refractivity contribution in [2.75, 3.05) is 18.8 Å². The molecule has 28 heavy (non-hydrogen) atoms. The molecule has 0 aromatic heterocycles. The summed E-state index contributed by atoms with van der Waals surface area (Å²) in [5.41, 5.74) is 7.49. The van der Waals surface area contributed by atoms with Gasteiger partial charge in [-0.1, -0.05) is 48.0 Å². The SMILES string of the molecule is C=C1CC(=O)N(CC)C[C@@H](c2cccc(Cl)c2)[C@@]1(C=O)c1ccc(Cl)cc1N. The van der Waals surface area contributed by atoms with Gasteiger partial charge in [0.1, 0.15) is 6.29 Å². The van der Waals surface area contributed by atoms with Crippen molar-refractivity contribution in [1.82, 2.24) is 4.90 Å². The first-order valence-corrected chi connectivity index (χ1v) is 9.82. The van der Waals surface area contributed by atoms with Crippen LogP contribution in [-0.2, 0) is 15.0 Å². The van der Waals surface area contributed by atoms with E-state index in [2.05, 4.69) is 6.58 Å². The number of carbonyl (C=O) groups is 2. The van der Waals surface area contributed by atoms with Gasteiger partial charge in [0.05, 0.1) is 5.41 Å². The first-order valence-electron chi connectivity index (χ1n) is 9.06. The molecule has 0 radical (unpaired) electrons. The number of rotatable bonds is 4. The topological polar surface area (TPSA) is 63.4 Å². The van der Waals surface area contributed by atoms with Crippen molar-refractivity contribution in [3.8, 4) is 0 Å². The number of benzene rings is 2. The fraction of sp³-hybridized carbons (Fsp3) is 0.273. The Bertz CT molecular complexity index is 944. The van der Waals surface area contributed by atoms with Crippen LogP contribution in [0.4, 0.5) is 5.69 Å². The van der Waals surface area contributed by atoms with Crippen molar-refractivity contribution >= 4 is 41.1 Å². The number of likely N-dealkylation sites (N-methyl/N-ethyl adjacent to an activating group) is 1. The van der Waals surface area contributed by atoms with E-state index in [1.54, 1.807) is 29.2 Å². The summed E-state index contributed by atoms with van der Waals surface area (Å²) in [5, 5.41) is 1.04. The maximum absolute atomic E-state index is 12.7. The molecule has 146 valence electrons. The van der Waals surface area contributed by atoms with Crippen LogP contribution in [0.2, 0.25) is 10.0 Å². The Kier molecular flexibility index (Phi) is 5.82. The smallest absolute Gasteiger partial charge is 0.226 e. The van der Waals surface area contributed by atoms with Gasteiger partial charge in [-0.15, -0.1) is 0 Å². The van der Waals surface area contributed by atoms with Crippen LogP contribution in [0.15, 0.2) is 54.6 Å². The summed E-state index contributed by atoms with van der Waals surface area (Å²) in [6.45, 7) is 6.97. The van der Waals surface area contributed by atoms with Crippen LogP contribution in [0.25, 0.3) is 0 Å². The summed E-state index contributed by atoms with van der Waals surface area (Å²) in [6.07, 6.45) is 0.943. The molecule has 1 aliphatic heterocycles. The summed E-state index contributed by atoms with van der Waals surface area (Å²) in [7, 11) is 0. The zero-order valence-electron chi connectivity index (χ0n) is 15.6. The number of amides is 1. The van der Waals surface area contributed by atoms with E-state index in [0.717, 1.165) is 11.8 Å². The van der Waals surface area contributed by atoms with Gasteiger partial charge in [-0.25, -0.2) is 0 Å². The summed E-state index contributed by atoms with van der Waals surface area (Å²) in [4.78, 5) is 27.2. The molecule has 1 amide bonds. The van der Waals surface area contributed by atoms with Crippen LogP contribution in [-0.4, -0.2) is 30.2 Å². The number of aldehydes is 1. The number of anilines is 1. The van der Waals surface area contributed by atoms with Crippen LogP contribution >= 0.6 is 23.2 Å². The molecular weight excluding hydrogens is 395 g/mol. The number of hydrogen-bond donors (Lipinski definition) is 1. The molecular formula is C22H22Cl2N2O2. The van der Waals surface area contributed by atoms with Crippen LogP contribution in [0.5, 0.6) is 0 Å². The van der Waals surface area contributed by atoms with Gasteiger partial charge >= 0.3 is 0 Å². The van der Waals surface area contributed by atoms with E-state index < -0.39 is 5.41 Å². The Labute approximate surface area is 174 Å². The zero-order valence-corrected chi connectivity index (χ0v) is 17.1. The number of likely N-dealkylation sites (tertiary alicyclic amines) is 1. The van der Waals surface area contributed by atoms with Crippen molar-refractivity contribution in [3.63, 3.8) is 0 Å². The Morgan fingerprint density at radius 3 is 2.57 bits per heavy atom. The van der Waals surface area contributed by atoms with Gasteiger partial charge in [-0.05, 0) is 47.9 Å². The molecule has 4 nitrogen and oxygen atoms in total. The highest BCUT2D eigenvalue weighted by Crippen LogP contribution is 2.48. The van der Waals surface area contributed by atoms with Gasteiger partial charge in [0.2, 0.25) is 5.91 Å². The van der Waals surface area contributed by atoms with E-state index in [9.17, 15) is 9.59 Å². The molecule has 0 saturated carbocycles. The molecule has 2 aromatic carbocycles. The Hall–Kier alpha value is -2.30. The van der Waals surface area contributed by atoms with Gasteiger partial charge in [-0.2, -0.15) is 0 Å². The summed E-state index contributed by atoms with van der Waals surface area (Å²) < 4.78 is 0. The van der Waals surface area contributed by atoms with Crippen molar-refractivity contribution < 1.29 is 9.59 Å². The van der Waals surface area contributed by atoms with Gasteiger partial charge in [-0.3, -0.25) is 4.79 Å². The van der Waals surface area contributed by atoms with E-state index in [4.69, 9.17) is 28.9 Å². The molecule has 1 heterocycles. The molecule has 0 spiro atoms. The van der Waals surface area contributed by atoms with Gasteiger partial charge in [0.15, 0.2) is 0 Å². The molecule has 6 heteroatoms. The third kappa shape index (κ3) is 3.43. The van der Waals surface area contributed by atoms with E-state index in [1.807, 2.05) is 25.1 Å². The lowest BCUT2D eigenvalue weighted by molar-refractivity contribution is -0.130. The van der Waals surface area contributed by atoms with Gasteiger partial charge in [0, 0.05) is 41.2 Å². The van der Waals surface area contributed by atoms with Crippen LogP contribution < -0.4 is 5.73 Å².